The van der Waals surface area contributed by atoms with Crippen molar-refractivity contribution in [2.75, 3.05) is 23.7 Å². The summed E-state index contributed by atoms with van der Waals surface area (Å²) in [6.45, 7) is 1.92. The monoisotopic (exact) mass is 413 g/mol. The molecule has 7 nitrogen and oxygen atoms in total. The number of benzene rings is 2. The van der Waals surface area contributed by atoms with Gasteiger partial charge >= 0.3 is 0 Å². The van der Waals surface area contributed by atoms with E-state index in [9.17, 15) is 13.2 Å². The number of ether oxygens (including phenoxy) is 1. The summed E-state index contributed by atoms with van der Waals surface area (Å²) in [5.74, 6) is -0.300. The molecule has 2 aromatic carbocycles. The number of hydrogen-bond donors (Lipinski definition) is 3. The molecule has 0 aliphatic rings. The Bertz CT molecular complexity index is 856. The standard InChI is InChI=1S/C18H23N3O4S.ClH/c1-13-8-9-15(20-18(22)11-16(12-19)25-2)10-17(13)26(23,24)21-14-6-4-3-5-7-14;/h3-10,16,21H,11-12,19H2,1-2H3,(H,20,22);1H. The third-order valence-electron chi connectivity index (χ3n) is 3.80. The maximum absolute atomic E-state index is 12.7. The molecule has 0 fully saturated rings. The van der Waals surface area contributed by atoms with Crippen LogP contribution in [0.4, 0.5) is 11.4 Å². The molecule has 1 amide bonds. The van der Waals surface area contributed by atoms with Crippen LogP contribution in [0.15, 0.2) is 53.4 Å². The number of methoxy groups -OCH3 is 1. The number of nitrogens with two attached hydrogens (primary N) is 1. The normalized spacial score (nSPS) is 12.0. The van der Waals surface area contributed by atoms with Crippen LogP contribution in [-0.2, 0) is 19.6 Å². The highest BCUT2D eigenvalue weighted by Gasteiger charge is 2.19. The number of carbonyl (C=O) groups is 1. The number of sulfonamides is 1. The average Bonchev–Trinajstić information content (AvgIpc) is 2.61. The SMILES string of the molecule is COC(CN)CC(=O)Nc1ccc(C)c(S(=O)(=O)Nc2ccccc2)c1.Cl. The van der Waals surface area contributed by atoms with E-state index in [-0.39, 0.29) is 42.3 Å². The van der Waals surface area contributed by atoms with E-state index in [0.717, 1.165) is 0 Å². The molecule has 4 N–H and O–H groups in total. The second-order valence-corrected chi connectivity index (χ2v) is 7.45. The zero-order valence-electron chi connectivity index (χ0n) is 15.1. The maximum atomic E-state index is 12.7. The lowest BCUT2D eigenvalue weighted by molar-refractivity contribution is -0.118. The Morgan fingerprint density at radius 3 is 2.41 bits per heavy atom. The van der Waals surface area contributed by atoms with Crippen molar-refractivity contribution in [3.63, 3.8) is 0 Å². The van der Waals surface area contributed by atoms with Gasteiger partial charge in [0.1, 0.15) is 0 Å². The third-order valence-corrected chi connectivity index (χ3v) is 5.32. The van der Waals surface area contributed by atoms with Gasteiger partial charge in [-0.1, -0.05) is 24.3 Å². The van der Waals surface area contributed by atoms with Crippen LogP contribution in [0.3, 0.4) is 0 Å². The number of hydrogen-bond acceptors (Lipinski definition) is 5. The first-order valence-corrected chi connectivity index (χ1v) is 9.55. The second kappa shape index (κ2) is 10.3. The Hall–Kier alpha value is -2.13. The van der Waals surface area contributed by atoms with Crippen LogP contribution < -0.4 is 15.8 Å². The van der Waals surface area contributed by atoms with E-state index >= 15 is 0 Å². The number of rotatable bonds is 8. The molecule has 2 rings (SSSR count). The minimum atomic E-state index is -3.78. The molecule has 0 saturated carbocycles. The van der Waals surface area contributed by atoms with Crippen molar-refractivity contribution in [3.8, 4) is 0 Å². The van der Waals surface area contributed by atoms with E-state index in [0.29, 0.717) is 16.9 Å². The van der Waals surface area contributed by atoms with Gasteiger partial charge in [0.05, 0.1) is 17.4 Å². The van der Waals surface area contributed by atoms with Gasteiger partial charge in [-0.15, -0.1) is 12.4 Å². The molecule has 0 saturated heterocycles. The summed E-state index contributed by atoms with van der Waals surface area (Å²) in [4.78, 5) is 12.2. The molecule has 0 bridgehead atoms. The number of para-hydroxylation sites is 1. The predicted molar refractivity (Wildman–Crippen MR) is 109 cm³/mol. The molecule has 1 atom stereocenters. The number of nitrogens with one attached hydrogen (secondary N) is 2. The highest BCUT2D eigenvalue weighted by Crippen LogP contribution is 2.23. The predicted octanol–water partition coefficient (Wildman–Crippen LogP) is 2.52. The maximum Gasteiger partial charge on any atom is 0.262 e. The van der Waals surface area contributed by atoms with Crippen LogP contribution in [0.1, 0.15) is 12.0 Å². The number of amides is 1. The van der Waals surface area contributed by atoms with Gasteiger partial charge in [-0.3, -0.25) is 9.52 Å². The van der Waals surface area contributed by atoms with E-state index in [2.05, 4.69) is 10.0 Å². The van der Waals surface area contributed by atoms with Gasteiger partial charge < -0.3 is 15.8 Å². The molecular formula is C18H24ClN3O4S. The first-order valence-electron chi connectivity index (χ1n) is 8.07. The van der Waals surface area contributed by atoms with Crippen molar-refractivity contribution in [1.82, 2.24) is 0 Å². The Labute approximate surface area is 165 Å². The van der Waals surface area contributed by atoms with Crippen molar-refractivity contribution >= 4 is 39.7 Å². The van der Waals surface area contributed by atoms with Crippen LogP contribution in [0.5, 0.6) is 0 Å². The molecule has 0 heterocycles. The van der Waals surface area contributed by atoms with Crippen molar-refractivity contribution in [3.05, 3.63) is 54.1 Å². The minimum Gasteiger partial charge on any atom is -0.380 e. The minimum absolute atomic E-state index is 0. The number of carbonyl (C=O) groups excluding carboxylic acids is 1. The van der Waals surface area contributed by atoms with Crippen molar-refractivity contribution < 1.29 is 17.9 Å². The van der Waals surface area contributed by atoms with Gasteiger partial charge in [0.15, 0.2) is 0 Å². The summed E-state index contributed by atoms with van der Waals surface area (Å²) in [6.07, 6.45) is -0.297. The summed E-state index contributed by atoms with van der Waals surface area (Å²) in [7, 11) is -2.30. The zero-order valence-corrected chi connectivity index (χ0v) is 16.8. The zero-order chi connectivity index (χ0) is 19.2. The topological polar surface area (TPSA) is 111 Å². The number of anilines is 2. The van der Waals surface area contributed by atoms with Crippen LogP contribution in [-0.4, -0.2) is 34.1 Å². The molecule has 0 radical (unpaired) electrons. The van der Waals surface area contributed by atoms with Gasteiger partial charge in [-0.2, -0.15) is 0 Å². The number of aryl methyl sites for hydroxylation is 1. The fourth-order valence-corrected chi connectivity index (χ4v) is 3.70. The van der Waals surface area contributed by atoms with Gasteiger partial charge in [-0.25, -0.2) is 8.42 Å². The highest BCUT2D eigenvalue weighted by molar-refractivity contribution is 7.92. The lowest BCUT2D eigenvalue weighted by atomic mass is 10.2. The van der Waals surface area contributed by atoms with Gasteiger partial charge in [-0.05, 0) is 36.8 Å². The van der Waals surface area contributed by atoms with Gasteiger partial charge in [0.25, 0.3) is 10.0 Å². The molecular weight excluding hydrogens is 390 g/mol. The Morgan fingerprint density at radius 2 is 1.81 bits per heavy atom. The molecule has 0 aromatic heterocycles. The molecule has 0 aliphatic carbocycles. The molecule has 1 unspecified atom stereocenters. The van der Waals surface area contributed by atoms with E-state index < -0.39 is 10.0 Å². The van der Waals surface area contributed by atoms with E-state index in [4.69, 9.17) is 10.5 Å². The summed E-state index contributed by atoms with van der Waals surface area (Å²) in [5, 5.41) is 2.68. The molecule has 0 aliphatic heterocycles. The molecule has 9 heteroatoms. The van der Waals surface area contributed by atoms with E-state index in [1.807, 2.05) is 0 Å². The first kappa shape index (κ1) is 22.9. The van der Waals surface area contributed by atoms with Crippen LogP contribution in [0.25, 0.3) is 0 Å². The Balaban J connectivity index is 0.00000364. The van der Waals surface area contributed by atoms with Gasteiger partial charge in [0, 0.05) is 25.0 Å². The first-order chi connectivity index (χ1) is 12.4. The summed E-state index contributed by atoms with van der Waals surface area (Å²) in [5.41, 5.74) is 6.93. The third kappa shape index (κ3) is 6.51. The van der Waals surface area contributed by atoms with Crippen LogP contribution in [0.2, 0.25) is 0 Å². The number of halogens is 1. The summed E-state index contributed by atoms with van der Waals surface area (Å²) >= 11 is 0. The van der Waals surface area contributed by atoms with Gasteiger partial charge in [0.2, 0.25) is 5.91 Å². The average molecular weight is 414 g/mol. The van der Waals surface area contributed by atoms with Crippen LogP contribution in [0, 0.1) is 6.92 Å². The molecule has 2 aromatic rings. The largest absolute Gasteiger partial charge is 0.380 e. The van der Waals surface area contributed by atoms with Crippen molar-refractivity contribution in [2.45, 2.75) is 24.3 Å². The fourth-order valence-electron chi connectivity index (χ4n) is 2.37. The second-order valence-electron chi connectivity index (χ2n) is 5.80. The smallest absolute Gasteiger partial charge is 0.262 e. The van der Waals surface area contributed by atoms with Crippen molar-refractivity contribution in [1.29, 1.82) is 0 Å². The highest BCUT2D eigenvalue weighted by atomic mass is 35.5. The Morgan fingerprint density at radius 1 is 1.15 bits per heavy atom. The molecule has 148 valence electrons. The van der Waals surface area contributed by atoms with Crippen molar-refractivity contribution in [2.24, 2.45) is 5.73 Å². The summed E-state index contributed by atoms with van der Waals surface area (Å²) < 4.78 is 32.9. The van der Waals surface area contributed by atoms with Crippen LogP contribution >= 0.6 is 12.4 Å². The lowest BCUT2D eigenvalue weighted by Crippen LogP contribution is -2.28. The fraction of sp³-hybridized carbons (Fsp3) is 0.278. The lowest BCUT2D eigenvalue weighted by Gasteiger charge is -2.14. The van der Waals surface area contributed by atoms with E-state index in [1.54, 1.807) is 49.4 Å². The Kier molecular flexibility index (Phi) is 8.71. The van der Waals surface area contributed by atoms with E-state index in [1.165, 1.54) is 13.2 Å². The summed E-state index contributed by atoms with van der Waals surface area (Å²) in [6, 6.07) is 13.3. The molecule has 27 heavy (non-hydrogen) atoms. The quantitative estimate of drug-likeness (QED) is 0.615. The molecule has 0 spiro atoms.